The maximum absolute atomic E-state index is 12.0. The first-order valence-corrected chi connectivity index (χ1v) is 8.53. The molecule has 0 atom stereocenters. The average Bonchev–Trinajstić information content (AvgIpc) is 2.51. The minimum absolute atomic E-state index is 0.242. The van der Waals surface area contributed by atoms with Gasteiger partial charge in [0.15, 0.2) is 5.58 Å². The summed E-state index contributed by atoms with van der Waals surface area (Å²) in [6.07, 6.45) is 10.9. The van der Waals surface area contributed by atoms with Crippen LogP contribution >= 0.6 is 0 Å². The van der Waals surface area contributed by atoms with Gasteiger partial charge in [-0.1, -0.05) is 64.0 Å². The van der Waals surface area contributed by atoms with Crippen molar-refractivity contribution in [1.82, 2.24) is 0 Å². The van der Waals surface area contributed by atoms with Crippen LogP contribution in [0.1, 0.15) is 63.9 Å². The van der Waals surface area contributed by atoms with Gasteiger partial charge in [0.1, 0.15) is 0 Å². The molecule has 2 rings (SSSR count). The van der Waals surface area contributed by atoms with Crippen molar-refractivity contribution in [2.75, 3.05) is 5.73 Å². The SMILES string of the molecule is CCCCCCCCCCc1cc2cccc(N)c2oc1=O. The number of unbranched alkanes of at least 4 members (excludes halogenated alkanes) is 7. The molecule has 0 fully saturated rings. The summed E-state index contributed by atoms with van der Waals surface area (Å²) < 4.78 is 5.37. The molecule has 0 aliphatic rings. The van der Waals surface area contributed by atoms with Crippen LogP contribution < -0.4 is 11.4 Å². The molecule has 3 nitrogen and oxygen atoms in total. The second kappa shape index (κ2) is 8.62. The van der Waals surface area contributed by atoms with E-state index in [1.165, 1.54) is 44.9 Å². The number of benzene rings is 1. The van der Waals surface area contributed by atoms with E-state index in [0.29, 0.717) is 11.3 Å². The van der Waals surface area contributed by atoms with E-state index < -0.39 is 0 Å². The molecule has 22 heavy (non-hydrogen) atoms. The number of rotatable bonds is 9. The number of hydrogen-bond acceptors (Lipinski definition) is 3. The van der Waals surface area contributed by atoms with Gasteiger partial charge < -0.3 is 10.2 Å². The Bertz CT molecular complexity index is 645. The minimum Gasteiger partial charge on any atom is -0.420 e. The Hall–Kier alpha value is -1.77. The van der Waals surface area contributed by atoms with Gasteiger partial charge in [-0.15, -0.1) is 0 Å². The molecule has 0 radical (unpaired) electrons. The molecule has 3 heteroatoms. The number of aryl methyl sites for hydroxylation is 1. The van der Waals surface area contributed by atoms with Gasteiger partial charge in [-0.2, -0.15) is 0 Å². The lowest BCUT2D eigenvalue weighted by molar-refractivity contribution is 0.541. The molecule has 0 aliphatic carbocycles. The molecule has 120 valence electrons. The molecule has 0 aliphatic heterocycles. The number of para-hydroxylation sites is 1. The number of anilines is 1. The van der Waals surface area contributed by atoms with Crippen molar-refractivity contribution in [3.8, 4) is 0 Å². The normalized spacial score (nSPS) is 11.1. The molecule has 2 N–H and O–H groups in total. The van der Waals surface area contributed by atoms with Crippen LogP contribution in [0, 0.1) is 0 Å². The Morgan fingerprint density at radius 3 is 2.41 bits per heavy atom. The smallest absolute Gasteiger partial charge is 0.339 e. The Kier molecular flexibility index (Phi) is 6.50. The second-order valence-corrected chi connectivity index (χ2v) is 6.05. The van der Waals surface area contributed by atoms with Crippen LogP contribution in [0.2, 0.25) is 0 Å². The lowest BCUT2D eigenvalue weighted by Gasteiger charge is -2.04. The first-order chi connectivity index (χ1) is 10.7. The van der Waals surface area contributed by atoms with Gasteiger partial charge in [-0.05, 0) is 25.0 Å². The lowest BCUT2D eigenvalue weighted by atomic mass is 10.0. The average molecular weight is 301 g/mol. The van der Waals surface area contributed by atoms with Crippen molar-refractivity contribution in [2.24, 2.45) is 0 Å². The molecule has 0 amide bonds. The van der Waals surface area contributed by atoms with Gasteiger partial charge in [0, 0.05) is 10.9 Å². The van der Waals surface area contributed by atoms with Crippen LogP contribution in [0.5, 0.6) is 0 Å². The fraction of sp³-hybridized carbons (Fsp3) is 0.526. The maximum atomic E-state index is 12.0. The van der Waals surface area contributed by atoms with Gasteiger partial charge in [0.05, 0.1) is 5.69 Å². The van der Waals surface area contributed by atoms with Crippen LogP contribution in [-0.4, -0.2) is 0 Å². The molecule has 0 spiro atoms. The van der Waals surface area contributed by atoms with E-state index in [0.717, 1.165) is 23.8 Å². The summed E-state index contributed by atoms with van der Waals surface area (Å²) in [5.41, 5.74) is 7.39. The van der Waals surface area contributed by atoms with Crippen LogP contribution in [-0.2, 0) is 6.42 Å². The number of nitrogens with two attached hydrogens (primary N) is 1. The van der Waals surface area contributed by atoms with E-state index in [9.17, 15) is 4.79 Å². The van der Waals surface area contributed by atoms with E-state index in [4.69, 9.17) is 10.2 Å². The summed E-state index contributed by atoms with van der Waals surface area (Å²) in [6.45, 7) is 2.24. The third-order valence-corrected chi connectivity index (χ3v) is 4.16. The zero-order valence-corrected chi connectivity index (χ0v) is 13.6. The van der Waals surface area contributed by atoms with Crippen molar-refractivity contribution in [3.05, 3.63) is 40.2 Å². The first-order valence-electron chi connectivity index (χ1n) is 8.53. The second-order valence-electron chi connectivity index (χ2n) is 6.05. The summed E-state index contributed by atoms with van der Waals surface area (Å²) in [5.74, 6) is 0. The van der Waals surface area contributed by atoms with Gasteiger partial charge in [-0.25, -0.2) is 4.79 Å². The molecule has 0 saturated heterocycles. The molecular weight excluding hydrogens is 274 g/mol. The van der Waals surface area contributed by atoms with Crippen LogP contribution in [0.15, 0.2) is 33.5 Å². The Morgan fingerprint density at radius 2 is 1.68 bits per heavy atom. The fourth-order valence-corrected chi connectivity index (χ4v) is 2.83. The highest BCUT2D eigenvalue weighted by Gasteiger charge is 2.07. The number of hydrogen-bond donors (Lipinski definition) is 1. The molecule has 1 heterocycles. The zero-order valence-electron chi connectivity index (χ0n) is 13.6. The summed E-state index contributed by atoms with van der Waals surface area (Å²) in [5, 5.41) is 0.911. The summed E-state index contributed by atoms with van der Waals surface area (Å²) in [7, 11) is 0. The predicted octanol–water partition coefficient (Wildman–Crippen LogP) is 5.06. The Morgan fingerprint density at radius 1 is 1.00 bits per heavy atom. The van der Waals surface area contributed by atoms with Crippen molar-refractivity contribution in [2.45, 2.75) is 64.7 Å². The zero-order chi connectivity index (χ0) is 15.8. The van der Waals surface area contributed by atoms with E-state index in [-0.39, 0.29) is 5.63 Å². The van der Waals surface area contributed by atoms with E-state index in [2.05, 4.69) is 6.92 Å². The minimum atomic E-state index is -0.242. The molecular formula is C19H27NO2. The van der Waals surface area contributed by atoms with Crippen LogP contribution in [0.3, 0.4) is 0 Å². The largest absolute Gasteiger partial charge is 0.420 e. The number of nitrogen functional groups attached to an aromatic ring is 1. The van der Waals surface area contributed by atoms with Gasteiger partial charge in [0.2, 0.25) is 0 Å². The van der Waals surface area contributed by atoms with E-state index in [1.54, 1.807) is 6.07 Å². The van der Waals surface area contributed by atoms with E-state index >= 15 is 0 Å². The molecule has 0 unspecified atom stereocenters. The highest BCUT2D eigenvalue weighted by Crippen LogP contribution is 2.20. The predicted molar refractivity (Wildman–Crippen MR) is 93.2 cm³/mol. The molecule has 0 bridgehead atoms. The van der Waals surface area contributed by atoms with Crippen LogP contribution in [0.25, 0.3) is 11.0 Å². The number of fused-ring (bicyclic) bond motifs is 1. The van der Waals surface area contributed by atoms with Crippen molar-refractivity contribution in [3.63, 3.8) is 0 Å². The maximum Gasteiger partial charge on any atom is 0.339 e. The quantitative estimate of drug-likeness (QED) is 0.400. The van der Waals surface area contributed by atoms with Crippen molar-refractivity contribution >= 4 is 16.7 Å². The monoisotopic (exact) mass is 301 g/mol. The third-order valence-electron chi connectivity index (χ3n) is 4.16. The van der Waals surface area contributed by atoms with Crippen molar-refractivity contribution in [1.29, 1.82) is 0 Å². The summed E-state index contributed by atoms with van der Waals surface area (Å²) in [6, 6.07) is 7.51. The Labute approximate surface area is 132 Å². The highest BCUT2D eigenvalue weighted by molar-refractivity contribution is 5.87. The topological polar surface area (TPSA) is 56.2 Å². The van der Waals surface area contributed by atoms with Gasteiger partial charge in [-0.3, -0.25) is 0 Å². The van der Waals surface area contributed by atoms with Crippen molar-refractivity contribution < 1.29 is 4.42 Å². The fourth-order valence-electron chi connectivity index (χ4n) is 2.83. The summed E-state index contributed by atoms with van der Waals surface area (Å²) in [4.78, 5) is 12.0. The Balaban J connectivity index is 1.82. The molecule has 2 aromatic rings. The van der Waals surface area contributed by atoms with Crippen LogP contribution in [0.4, 0.5) is 5.69 Å². The lowest BCUT2D eigenvalue weighted by Crippen LogP contribution is -2.07. The summed E-state index contributed by atoms with van der Waals surface area (Å²) >= 11 is 0. The molecule has 1 aromatic heterocycles. The molecule has 0 saturated carbocycles. The van der Waals surface area contributed by atoms with E-state index in [1.807, 2.05) is 18.2 Å². The standard InChI is InChI=1S/C19H27NO2/c1-2-3-4-5-6-7-8-9-11-16-14-15-12-10-13-17(20)18(15)22-19(16)21/h10,12-14H,2-9,11,20H2,1H3. The first kappa shape index (κ1) is 16.6. The highest BCUT2D eigenvalue weighted by atomic mass is 16.4. The van der Waals surface area contributed by atoms with Gasteiger partial charge in [0.25, 0.3) is 0 Å². The van der Waals surface area contributed by atoms with Gasteiger partial charge >= 0.3 is 5.63 Å². The third kappa shape index (κ3) is 4.62. The molecule has 1 aromatic carbocycles.